The average Bonchev–Trinajstić information content (AvgIpc) is 2.44. The van der Waals surface area contributed by atoms with E-state index in [1.165, 1.54) is 30.3 Å². The highest BCUT2D eigenvalue weighted by atomic mass is 32.1. The molecular formula is C16H15F2NOS. The summed E-state index contributed by atoms with van der Waals surface area (Å²) in [6.07, 6.45) is 0.536. The summed E-state index contributed by atoms with van der Waals surface area (Å²) in [5, 5.41) is 2.72. The van der Waals surface area contributed by atoms with E-state index < -0.39 is 11.7 Å². The van der Waals surface area contributed by atoms with Gasteiger partial charge in [-0.05, 0) is 49.2 Å². The molecule has 0 heterocycles. The van der Waals surface area contributed by atoms with Crippen LogP contribution in [0.4, 0.5) is 8.78 Å². The van der Waals surface area contributed by atoms with Gasteiger partial charge in [-0.2, -0.15) is 0 Å². The van der Waals surface area contributed by atoms with Gasteiger partial charge in [-0.15, -0.1) is 12.6 Å². The van der Waals surface area contributed by atoms with Crippen molar-refractivity contribution in [1.29, 1.82) is 0 Å². The first-order chi connectivity index (χ1) is 9.95. The summed E-state index contributed by atoms with van der Waals surface area (Å²) in [6.45, 7) is 1.81. The molecule has 1 N–H and O–H groups in total. The molecule has 1 amide bonds. The molecule has 0 aliphatic carbocycles. The lowest BCUT2D eigenvalue weighted by Gasteiger charge is -2.14. The molecule has 2 nitrogen and oxygen atoms in total. The molecule has 0 aliphatic rings. The van der Waals surface area contributed by atoms with Crippen molar-refractivity contribution in [3.05, 3.63) is 65.2 Å². The molecule has 0 spiro atoms. The molecule has 0 saturated heterocycles. The molecule has 1 atom stereocenters. The Hall–Kier alpha value is -1.88. The van der Waals surface area contributed by atoms with Gasteiger partial charge < -0.3 is 5.32 Å². The van der Waals surface area contributed by atoms with Crippen molar-refractivity contribution in [1.82, 2.24) is 5.32 Å². The summed E-state index contributed by atoms with van der Waals surface area (Å²) in [5.41, 5.74) is 0.862. The first-order valence-corrected chi connectivity index (χ1v) is 6.94. The van der Waals surface area contributed by atoms with Crippen LogP contribution in [0.2, 0.25) is 0 Å². The third-order valence-electron chi connectivity index (χ3n) is 3.03. The lowest BCUT2D eigenvalue weighted by Crippen LogP contribution is -2.34. The molecule has 0 fully saturated rings. The first kappa shape index (κ1) is 15.5. The molecule has 1 unspecified atom stereocenters. The molecule has 2 aromatic rings. The zero-order valence-electron chi connectivity index (χ0n) is 11.4. The van der Waals surface area contributed by atoms with Crippen LogP contribution >= 0.6 is 12.6 Å². The number of halogens is 2. The SMILES string of the molecule is CC(Cc1ccc(F)cc1)NC(=O)c1cc(S)ccc1F. The second-order valence-corrected chi connectivity index (χ2v) is 5.39. The van der Waals surface area contributed by atoms with Crippen molar-refractivity contribution in [2.24, 2.45) is 0 Å². The molecular weight excluding hydrogens is 292 g/mol. The Morgan fingerprint density at radius 2 is 1.86 bits per heavy atom. The molecule has 2 aromatic carbocycles. The fraction of sp³-hybridized carbons (Fsp3) is 0.188. The molecule has 5 heteroatoms. The predicted molar refractivity (Wildman–Crippen MR) is 80.7 cm³/mol. The van der Waals surface area contributed by atoms with Gasteiger partial charge in [-0.25, -0.2) is 8.78 Å². The average molecular weight is 307 g/mol. The number of carbonyl (C=O) groups excluding carboxylic acids is 1. The molecule has 0 aromatic heterocycles. The second-order valence-electron chi connectivity index (χ2n) is 4.87. The third kappa shape index (κ3) is 4.29. The van der Waals surface area contributed by atoms with E-state index in [9.17, 15) is 13.6 Å². The van der Waals surface area contributed by atoms with Crippen molar-refractivity contribution in [2.45, 2.75) is 24.3 Å². The normalized spacial score (nSPS) is 12.0. The zero-order chi connectivity index (χ0) is 15.4. The number of benzene rings is 2. The Bertz CT molecular complexity index is 643. The fourth-order valence-corrected chi connectivity index (χ4v) is 2.22. The number of thiol groups is 1. The molecule has 0 aliphatic heterocycles. The fourth-order valence-electron chi connectivity index (χ4n) is 2.01. The minimum absolute atomic E-state index is 0.0338. The summed E-state index contributed by atoms with van der Waals surface area (Å²) in [4.78, 5) is 12.5. The Labute approximate surface area is 127 Å². The van der Waals surface area contributed by atoms with Crippen molar-refractivity contribution < 1.29 is 13.6 Å². The van der Waals surface area contributed by atoms with Gasteiger partial charge in [0.05, 0.1) is 5.56 Å². The van der Waals surface area contributed by atoms with Gasteiger partial charge in [0.25, 0.3) is 5.91 Å². The summed E-state index contributed by atoms with van der Waals surface area (Å²) in [5.74, 6) is -1.37. The quantitative estimate of drug-likeness (QED) is 0.830. The highest BCUT2D eigenvalue weighted by Crippen LogP contribution is 2.14. The molecule has 0 bridgehead atoms. The maximum absolute atomic E-state index is 13.6. The second kappa shape index (κ2) is 6.72. The van der Waals surface area contributed by atoms with Crippen molar-refractivity contribution in [3.63, 3.8) is 0 Å². The third-order valence-corrected chi connectivity index (χ3v) is 3.31. The van der Waals surface area contributed by atoms with Crippen LogP contribution in [0.25, 0.3) is 0 Å². The van der Waals surface area contributed by atoms with Crippen LogP contribution in [0.1, 0.15) is 22.8 Å². The Balaban J connectivity index is 2.01. The standard InChI is InChI=1S/C16H15F2NOS/c1-10(8-11-2-4-12(17)5-3-11)19-16(20)14-9-13(21)6-7-15(14)18/h2-7,9-10,21H,8H2,1H3,(H,19,20). The maximum Gasteiger partial charge on any atom is 0.254 e. The smallest absolute Gasteiger partial charge is 0.254 e. The summed E-state index contributed by atoms with van der Waals surface area (Å²) in [6, 6.07) is 9.94. The van der Waals surface area contributed by atoms with E-state index in [0.29, 0.717) is 11.3 Å². The molecule has 0 radical (unpaired) electrons. The number of hydrogen-bond acceptors (Lipinski definition) is 2. The largest absolute Gasteiger partial charge is 0.349 e. The van der Waals surface area contributed by atoms with Gasteiger partial charge in [0, 0.05) is 10.9 Å². The molecule has 21 heavy (non-hydrogen) atoms. The van der Waals surface area contributed by atoms with Crippen LogP contribution in [0.15, 0.2) is 47.4 Å². The van der Waals surface area contributed by atoms with Crippen LogP contribution in [0.5, 0.6) is 0 Å². The number of nitrogens with one attached hydrogen (secondary N) is 1. The van der Waals surface area contributed by atoms with Gasteiger partial charge in [0.15, 0.2) is 0 Å². The number of hydrogen-bond donors (Lipinski definition) is 2. The lowest BCUT2D eigenvalue weighted by atomic mass is 10.1. The first-order valence-electron chi connectivity index (χ1n) is 6.49. The van der Waals surface area contributed by atoms with Crippen molar-refractivity contribution in [2.75, 3.05) is 0 Å². The van der Waals surface area contributed by atoms with Crippen LogP contribution in [0.3, 0.4) is 0 Å². The number of carbonyl (C=O) groups is 1. The van der Waals surface area contributed by atoms with E-state index >= 15 is 0 Å². The van der Waals surface area contributed by atoms with E-state index in [1.54, 1.807) is 12.1 Å². The van der Waals surface area contributed by atoms with Crippen LogP contribution in [-0.4, -0.2) is 11.9 Å². The summed E-state index contributed by atoms with van der Waals surface area (Å²) >= 11 is 4.09. The number of amides is 1. The summed E-state index contributed by atoms with van der Waals surface area (Å²) < 4.78 is 26.4. The zero-order valence-corrected chi connectivity index (χ0v) is 12.3. The van der Waals surface area contributed by atoms with Crippen LogP contribution in [-0.2, 0) is 6.42 Å². The minimum atomic E-state index is -0.584. The topological polar surface area (TPSA) is 29.1 Å². The molecule has 2 rings (SSSR count). The van der Waals surface area contributed by atoms with Gasteiger partial charge in [-0.1, -0.05) is 12.1 Å². The van der Waals surface area contributed by atoms with Crippen LogP contribution < -0.4 is 5.32 Å². The van der Waals surface area contributed by atoms with E-state index in [1.807, 2.05) is 6.92 Å². The monoisotopic (exact) mass is 307 g/mol. The summed E-state index contributed by atoms with van der Waals surface area (Å²) in [7, 11) is 0. The maximum atomic E-state index is 13.6. The van der Waals surface area contributed by atoms with Gasteiger partial charge in [0.1, 0.15) is 11.6 Å². The van der Waals surface area contributed by atoms with E-state index in [0.717, 1.165) is 5.56 Å². The predicted octanol–water partition coefficient (Wildman–Crippen LogP) is 3.61. The Kier molecular flexibility index (Phi) is 4.96. The van der Waals surface area contributed by atoms with Gasteiger partial charge in [-0.3, -0.25) is 4.79 Å². The van der Waals surface area contributed by atoms with E-state index in [-0.39, 0.29) is 17.4 Å². The van der Waals surface area contributed by atoms with Crippen LogP contribution in [0, 0.1) is 11.6 Å². The van der Waals surface area contributed by atoms with Gasteiger partial charge >= 0.3 is 0 Å². The van der Waals surface area contributed by atoms with Gasteiger partial charge in [0.2, 0.25) is 0 Å². The highest BCUT2D eigenvalue weighted by Gasteiger charge is 2.14. The Morgan fingerprint density at radius 1 is 1.19 bits per heavy atom. The molecule has 110 valence electrons. The Morgan fingerprint density at radius 3 is 2.52 bits per heavy atom. The van der Waals surface area contributed by atoms with Crippen molar-refractivity contribution >= 4 is 18.5 Å². The highest BCUT2D eigenvalue weighted by molar-refractivity contribution is 7.80. The van der Waals surface area contributed by atoms with E-state index in [4.69, 9.17) is 0 Å². The van der Waals surface area contributed by atoms with Crippen molar-refractivity contribution in [3.8, 4) is 0 Å². The minimum Gasteiger partial charge on any atom is -0.349 e. The molecule has 0 saturated carbocycles. The van der Waals surface area contributed by atoms with E-state index in [2.05, 4.69) is 17.9 Å². The lowest BCUT2D eigenvalue weighted by molar-refractivity contribution is 0.0936. The number of rotatable bonds is 4.